The summed E-state index contributed by atoms with van der Waals surface area (Å²) in [5.74, 6) is 1.35. The van der Waals surface area contributed by atoms with E-state index in [1.165, 1.54) is 0 Å². The summed E-state index contributed by atoms with van der Waals surface area (Å²) in [5, 5.41) is 3.02. The van der Waals surface area contributed by atoms with Crippen LogP contribution in [0.1, 0.15) is 17.6 Å². The number of aromatic nitrogens is 4. The number of carbonyl (C=O) groups excluding carboxylic acids is 1. The first-order chi connectivity index (χ1) is 11.2. The van der Waals surface area contributed by atoms with Gasteiger partial charge < -0.3 is 19.5 Å². The monoisotopic (exact) mass is 316 g/mol. The maximum atomic E-state index is 12.6. The SMILES string of the molecule is CNc1cc(C)nc(C2COCCN2C(=O)Cn2ccnc2)n1. The fraction of sp³-hybridized carbons (Fsp3) is 0.467. The second-order valence-corrected chi connectivity index (χ2v) is 5.42. The van der Waals surface area contributed by atoms with Gasteiger partial charge in [-0.25, -0.2) is 15.0 Å². The molecule has 1 fully saturated rings. The molecule has 2 aromatic heterocycles. The van der Waals surface area contributed by atoms with Crippen LogP contribution in [0.4, 0.5) is 5.82 Å². The fourth-order valence-electron chi connectivity index (χ4n) is 2.61. The number of hydrogen-bond donors (Lipinski definition) is 1. The summed E-state index contributed by atoms with van der Waals surface area (Å²) in [7, 11) is 1.81. The lowest BCUT2D eigenvalue weighted by Gasteiger charge is -2.34. The summed E-state index contributed by atoms with van der Waals surface area (Å²) in [6, 6.07) is 1.59. The van der Waals surface area contributed by atoms with Crippen molar-refractivity contribution in [3.8, 4) is 0 Å². The summed E-state index contributed by atoms with van der Waals surface area (Å²) in [6.07, 6.45) is 5.07. The van der Waals surface area contributed by atoms with Gasteiger partial charge in [-0.15, -0.1) is 0 Å². The molecule has 1 saturated heterocycles. The summed E-state index contributed by atoms with van der Waals surface area (Å²) in [5.41, 5.74) is 0.854. The highest BCUT2D eigenvalue weighted by Gasteiger charge is 2.31. The standard InChI is InChI=1S/C15H20N6O2/c1-11-7-13(16-2)19-15(18-11)12-9-23-6-5-21(12)14(22)8-20-4-3-17-10-20/h3-4,7,10,12H,5-6,8-9H2,1-2H3,(H,16,18,19). The van der Waals surface area contributed by atoms with E-state index in [1.807, 2.05) is 20.0 Å². The average Bonchev–Trinajstić information content (AvgIpc) is 3.07. The molecule has 8 heteroatoms. The van der Waals surface area contributed by atoms with Crippen molar-refractivity contribution in [2.45, 2.75) is 19.5 Å². The molecule has 1 aliphatic rings. The number of nitrogens with one attached hydrogen (secondary N) is 1. The van der Waals surface area contributed by atoms with E-state index in [1.54, 1.807) is 28.2 Å². The Labute approximate surface area is 134 Å². The molecule has 0 aromatic carbocycles. The van der Waals surface area contributed by atoms with Crippen molar-refractivity contribution in [3.63, 3.8) is 0 Å². The molecule has 3 rings (SSSR count). The Hall–Kier alpha value is -2.48. The van der Waals surface area contributed by atoms with Crippen LogP contribution in [0, 0.1) is 6.92 Å². The normalized spacial score (nSPS) is 18.0. The number of amides is 1. The highest BCUT2D eigenvalue weighted by atomic mass is 16.5. The number of imidazole rings is 1. The fourth-order valence-corrected chi connectivity index (χ4v) is 2.61. The van der Waals surface area contributed by atoms with Gasteiger partial charge in [-0.1, -0.05) is 0 Å². The Morgan fingerprint density at radius 2 is 2.35 bits per heavy atom. The van der Waals surface area contributed by atoms with Gasteiger partial charge in [0.15, 0.2) is 5.82 Å². The molecule has 0 saturated carbocycles. The Bertz CT molecular complexity index is 673. The number of aryl methyl sites for hydroxylation is 1. The number of rotatable bonds is 4. The van der Waals surface area contributed by atoms with E-state index in [9.17, 15) is 4.79 Å². The molecule has 3 heterocycles. The summed E-state index contributed by atoms with van der Waals surface area (Å²) < 4.78 is 7.31. The summed E-state index contributed by atoms with van der Waals surface area (Å²) >= 11 is 0. The minimum Gasteiger partial charge on any atom is -0.377 e. The van der Waals surface area contributed by atoms with E-state index in [0.29, 0.717) is 25.6 Å². The molecule has 0 spiro atoms. The molecular formula is C15H20N6O2. The van der Waals surface area contributed by atoms with Crippen molar-refractivity contribution in [1.29, 1.82) is 0 Å². The van der Waals surface area contributed by atoms with Crippen molar-refractivity contribution in [3.05, 3.63) is 36.3 Å². The molecule has 23 heavy (non-hydrogen) atoms. The molecule has 0 aliphatic carbocycles. The van der Waals surface area contributed by atoms with Gasteiger partial charge in [-0.05, 0) is 6.92 Å². The first-order valence-electron chi connectivity index (χ1n) is 7.53. The van der Waals surface area contributed by atoms with E-state index in [4.69, 9.17) is 4.74 Å². The van der Waals surface area contributed by atoms with Crippen molar-refractivity contribution < 1.29 is 9.53 Å². The molecule has 122 valence electrons. The van der Waals surface area contributed by atoms with Crippen LogP contribution < -0.4 is 5.32 Å². The zero-order valence-electron chi connectivity index (χ0n) is 13.3. The lowest BCUT2D eigenvalue weighted by Crippen LogP contribution is -2.45. The van der Waals surface area contributed by atoms with Crippen LogP contribution in [-0.4, -0.2) is 57.1 Å². The Morgan fingerprint density at radius 1 is 1.48 bits per heavy atom. The maximum absolute atomic E-state index is 12.6. The lowest BCUT2D eigenvalue weighted by molar-refractivity contribution is -0.141. The second kappa shape index (κ2) is 6.74. The number of nitrogens with zero attached hydrogens (tertiary/aromatic N) is 5. The average molecular weight is 316 g/mol. The first-order valence-corrected chi connectivity index (χ1v) is 7.53. The number of ether oxygens (including phenoxy) is 1. The van der Waals surface area contributed by atoms with E-state index < -0.39 is 0 Å². The third-order valence-corrected chi connectivity index (χ3v) is 3.75. The van der Waals surface area contributed by atoms with Gasteiger partial charge in [0.2, 0.25) is 5.91 Å². The largest absolute Gasteiger partial charge is 0.377 e. The minimum absolute atomic E-state index is 0.00686. The third-order valence-electron chi connectivity index (χ3n) is 3.75. The van der Waals surface area contributed by atoms with Gasteiger partial charge >= 0.3 is 0 Å². The number of carbonyl (C=O) groups is 1. The van der Waals surface area contributed by atoms with Crippen molar-refractivity contribution >= 4 is 11.7 Å². The maximum Gasteiger partial charge on any atom is 0.243 e. The Balaban J connectivity index is 1.83. The predicted octanol–water partition coefficient (Wildman–Crippen LogP) is 0.623. The Morgan fingerprint density at radius 3 is 3.09 bits per heavy atom. The first kappa shape index (κ1) is 15.4. The molecule has 2 aromatic rings. The summed E-state index contributed by atoms with van der Waals surface area (Å²) in [4.78, 5) is 27.4. The van der Waals surface area contributed by atoms with Crippen LogP contribution >= 0.6 is 0 Å². The predicted molar refractivity (Wildman–Crippen MR) is 83.8 cm³/mol. The van der Waals surface area contributed by atoms with E-state index in [0.717, 1.165) is 11.5 Å². The van der Waals surface area contributed by atoms with Crippen molar-refractivity contribution in [2.75, 3.05) is 32.1 Å². The van der Waals surface area contributed by atoms with Crippen LogP contribution in [-0.2, 0) is 16.1 Å². The molecule has 1 amide bonds. The molecule has 1 aliphatic heterocycles. The molecule has 1 N–H and O–H groups in total. The van der Waals surface area contributed by atoms with Gasteiger partial charge in [-0.2, -0.15) is 0 Å². The zero-order valence-corrected chi connectivity index (χ0v) is 13.3. The molecular weight excluding hydrogens is 296 g/mol. The van der Waals surface area contributed by atoms with Crippen LogP contribution in [0.15, 0.2) is 24.8 Å². The summed E-state index contributed by atoms with van der Waals surface area (Å²) in [6.45, 7) is 3.62. The van der Waals surface area contributed by atoms with Gasteiger partial charge in [0, 0.05) is 37.7 Å². The number of hydrogen-bond acceptors (Lipinski definition) is 6. The molecule has 1 unspecified atom stereocenters. The van der Waals surface area contributed by atoms with Crippen molar-refractivity contribution in [2.24, 2.45) is 0 Å². The van der Waals surface area contributed by atoms with Crippen LogP contribution in [0.25, 0.3) is 0 Å². The number of anilines is 1. The molecule has 8 nitrogen and oxygen atoms in total. The van der Waals surface area contributed by atoms with E-state index >= 15 is 0 Å². The van der Waals surface area contributed by atoms with Gasteiger partial charge in [-0.3, -0.25) is 4.79 Å². The highest BCUT2D eigenvalue weighted by molar-refractivity contribution is 5.76. The van der Waals surface area contributed by atoms with E-state index in [2.05, 4.69) is 20.3 Å². The quantitative estimate of drug-likeness (QED) is 0.890. The van der Waals surface area contributed by atoms with Crippen LogP contribution in [0.3, 0.4) is 0 Å². The highest BCUT2D eigenvalue weighted by Crippen LogP contribution is 2.23. The Kier molecular flexibility index (Phi) is 4.52. The van der Waals surface area contributed by atoms with Crippen molar-refractivity contribution in [1.82, 2.24) is 24.4 Å². The van der Waals surface area contributed by atoms with E-state index in [-0.39, 0.29) is 18.5 Å². The van der Waals surface area contributed by atoms with Crippen LogP contribution in [0.5, 0.6) is 0 Å². The van der Waals surface area contributed by atoms with Gasteiger partial charge in [0.1, 0.15) is 18.4 Å². The second-order valence-electron chi connectivity index (χ2n) is 5.42. The third kappa shape index (κ3) is 3.48. The number of morpholine rings is 1. The molecule has 0 radical (unpaired) electrons. The topological polar surface area (TPSA) is 85.2 Å². The van der Waals surface area contributed by atoms with Gasteiger partial charge in [0.05, 0.1) is 19.5 Å². The molecule has 0 bridgehead atoms. The lowest BCUT2D eigenvalue weighted by atomic mass is 10.2. The van der Waals surface area contributed by atoms with Gasteiger partial charge in [0.25, 0.3) is 0 Å². The molecule has 1 atom stereocenters. The smallest absolute Gasteiger partial charge is 0.243 e. The zero-order chi connectivity index (χ0) is 16.2. The van der Waals surface area contributed by atoms with Crippen LogP contribution in [0.2, 0.25) is 0 Å². The minimum atomic E-state index is -0.272.